The standard InChI is InChI=1S/C19H18N2OS/c1-19(2,17-11-5-6-12-20-17)21-18(22)15-9-4-3-8-14(15)16-10-7-13-23-16/h3-13H,1-2H3,(H,21,22). The summed E-state index contributed by atoms with van der Waals surface area (Å²) in [4.78, 5) is 18.3. The fourth-order valence-corrected chi connectivity index (χ4v) is 3.24. The maximum Gasteiger partial charge on any atom is 0.252 e. The number of pyridine rings is 1. The molecule has 23 heavy (non-hydrogen) atoms. The van der Waals surface area contributed by atoms with Crippen LogP contribution in [-0.2, 0) is 5.54 Å². The van der Waals surface area contributed by atoms with Gasteiger partial charge in [-0.3, -0.25) is 9.78 Å². The van der Waals surface area contributed by atoms with Gasteiger partial charge in [-0.05, 0) is 43.5 Å². The number of hydrogen-bond donors (Lipinski definition) is 1. The van der Waals surface area contributed by atoms with Crippen LogP contribution in [0.25, 0.3) is 10.4 Å². The van der Waals surface area contributed by atoms with Gasteiger partial charge in [0.2, 0.25) is 0 Å². The van der Waals surface area contributed by atoms with Gasteiger partial charge in [0.05, 0.1) is 11.2 Å². The van der Waals surface area contributed by atoms with Crippen LogP contribution < -0.4 is 5.32 Å². The Bertz CT molecular complexity index is 795. The highest BCUT2D eigenvalue weighted by atomic mass is 32.1. The second-order valence-electron chi connectivity index (χ2n) is 5.82. The Kier molecular flexibility index (Phi) is 4.26. The van der Waals surface area contributed by atoms with Gasteiger partial charge < -0.3 is 5.32 Å². The van der Waals surface area contributed by atoms with E-state index in [1.165, 1.54) is 0 Å². The van der Waals surface area contributed by atoms with Gasteiger partial charge in [0.25, 0.3) is 5.91 Å². The Labute approximate surface area is 140 Å². The second kappa shape index (κ2) is 6.34. The lowest BCUT2D eigenvalue weighted by atomic mass is 9.98. The summed E-state index contributed by atoms with van der Waals surface area (Å²) in [5.74, 6) is -0.0929. The van der Waals surface area contributed by atoms with Crippen molar-refractivity contribution in [1.82, 2.24) is 10.3 Å². The minimum atomic E-state index is -0.541. The minimum absolute atomic E-state index is 0.0929. The summed E-state index contributed by atoms with van der Waals surface area (Å²) in [5, 5.41) is 5.11. The Morgan fingerprint density at radius 1 is 1.04 bits per heavy atom. The lowest BCUT2D eigenvalue weighted by molar-refractivity contribution is 0.0911. The highest BCUT2D eigenvalue weighted by Gasteiger charge is 2.25. The van der Waals surface area contributed by atoms with Crippen molar-refractivity contribution in [3.8, 4) is 10.4 Å². The highest BCUT2D eigenvalue weighted by molar-refractivity contribution is 7.13. The van der Waals surface area contributed by atoms with Crippen LogP contribution in [0, 0.1) is 0 Å². The average molecular weight is 322 g/mol. The van der Waals surface area contributed by atoms with Crippen molar-refractivity contribution in [3.05, 3.63) is 77.4 Å². The van der Waals surface area contributed by atoms with Gasteiger partial charge >= 0.3 is 0 Å². The Hall–Kier alpha value is -2.46. The molecule has 2 aromatic heterocycles. The molecular formula is C19H18N2OS. The SMILES string of the molecule is CC(C)(NC(=O)c1ccccc1-c1cccs1)c1ccccn1. The van der Waals surface area contributed by atoms with Crippen molar-refractivity contribution >= 4 is 17.2 Å². The summed E-state index contributed by atoms with van der Waals surface area (Å²) in [5.41, 5.74) is 1.93. The van der Waals surface area contributed by atoms with Crippen LogP contribution in [0.4, 0.5) is 0 Å². The average Bonchev–Trinajstić information content (AvgIpc) is 3.09. The zero-order valence-electron chi connectivity index (χ0n) is 13.1. The lowest BCUT2D eigenvalue weighted by Crippen LogP contribution is -2.41. The van der Waals surface area contributed by atoms with Gasteiger partial charge in [0.15, 0.2) is 0 Å². The largest absolute Gasteiger partial charge is 0.341 e. The fraction of sp³-hybridized carbons (Fsp3) is 0.158. The molecule has 116 valence electrons. The fourth-order valence-electron chi connectivity index (χ4n) is 2.48. The van der Waals surface area contributed by atoms with E-state index in [4.69, 9.17) is 0 Å². The van der Waals surface area contributed by atoms with Crippen molar-refractivity contribution in [2.45, 2.75) is 19.4 Å². The Balaban J connectivity index is 1.90. The van der Waals surface area contributed by atoms with Gasteiger partial charge in [-0.25, -0.2) is 0 Å². The summed E-state index contributed by atoms with van der Waals surface area (Å²) >= 11 is 1.63. The smallest absolute Gasteiger partial charge is 0.252 e. The highest BCUT2D eigenvalue weighted by Crippen LogP contribution is 2.28. The van der Waals surface area contributed by atoms with E-state index < -0.39 is 5.54 Å². The first-order chi connectivity index (χ1) is 11.1. The van der Waals surface area contributed by atoms with E-state index in [9.17, 15) is 4.79 Å². The molecule has 0 aliphatic heterocycles. The molecule has 0 bridgehead atoms. The molecule has 3 aromatic rings. The van der Waals surface area contributed by atoms with Crippen LogP contribution in [0.2, 0.25) is 0 Å². The summed E-state index contributed by atoms with van der Waals surface area (Å²) in [6, 6.07) is 17.4. The minimum Gasteiger partial charge on any atom is -0.341 e. The van der Waals surface area contributed by atoms with E-state index in [1.807, 2.05) is 73.8 Å². The number of nitrogens with zero attached hydrogens (tertiary/aromatic N) is 1. The van der Waals surface area contributed by atoms with E-state index >= 15 is 0 Å². The summed E-state index contributed by atoms with van der Waals surface area (Å²) < 4.78 is 0. The molecule has 1 N–H and O–H groups in total. The van der Waals surface area contributed by atoms with Crippen molar-refractivity contribution in [2.24, 2.45) is 0 Å². The Morgan fingerprint density at radius 2 is 1.83 bits per heavy atom. The molecular weight excluding hydrogens is 304 g/mol. The molecule has 0 atom stereocenters. The summed E-state index contributed by atoms with van der Waals surface area (Å²) in [6.45, 7) is 3.92. The number of amides is 1. The van der Waals surface area contributed by atoms with E-state index in [1.54, 1.807) is 17.5 Å². The van der Waals surface area contributed by atoms with Crippen LogP contribution in [0.3, 0.4) is 0 Å². The van der Waals surface area contributed by atoms with Gasteiger partial charge in [0.1, 0.15) is 0 Å². The zero-order valence-corrected chi connectivity index (χ0v) is 13.9. The summed E-state index contributed by atoms with van der Waals surface area (Å²) in [6.07, 6.45) is 1.74. The van der Waals surface area contributed by atoms with E-state index in [0.29, 0.717) is 5.56 Å². The van der Waals surface area contributed by atoms with Crippen LogP contribution in [0.1, 0.15) is 29.9 Å². The van der Waals surface area contributed by atoms with E-state index in [-0.39, 0.29) is 5.91 Å². The van der Waals surface area contributed by atoms with Gasteiger partial charge in [0, 0.05) is 22.2 Å². The quantitative estimate of drug-likeness (QED) is 0.770. The number of hydrogen-bond acceptors (Lipinski definition) is 3. The van der Waals surface area contributed by atoms with Crippen molar-refractivity contribution < 1.29 is 4.79 Å². The molecule has 4 heteroatoms. The predicted octanol–water partition coefficient (Wildman–Crippen LogP) is 4.48. The number of benzene rings is 1. The first-order valence-corrected chi connectivity index (χ1v) is 8.33. The molecule has 3 nitrogen and oxygen atoms in total. The zero-order chi connectivity index (χ0) is 16.3. The first kappa shape index (κ1) is 15.4. The summed E-state index contributed by atoms with van der Waals surface area (Å²) in [7, 11) is 0. The first-order valence-electron chi connectivity index (χ1n) is 7.45. The topological polar surface area (TPSA) is 42.0 Å². The number of carbonyl (C=O) groups excluding carboxylic acids is 1. The van der Waals surface area contributed by atoms with Crippen molar-refractivity contribution in [1.29, 1.82) is 0 Å². The predicted molar refractivity (Wildman–Crippen MR) is 94.5 cm³/mol. The molecule has 0 aliphatic rings. The van der Waals surface area contributed by atoms with Crippen LogP contribution >= 0.6 is 11.3 Å². The molecule has 0 saturated carbocycles. The third kappa shape index (κ3) is 3.32. The second-order valence-corrected chi connectivity index (χ2v) is 6.76. The molecule has 2 heterocycles. The van der Waals surface area contributed by atoms with Gasteiger partial charge in [-0.1, -0.05) is 30.3 Å². The van der Waals surface area contributed by atoms with Gasteiger partial charge in [-0.2, -0.15) is 0 Å². The maximum absolute atomic E-state index is 12.8. The molecule has 0 radical (unpaired) electrons. The number of aromatic nitrogens is 1. The number of carbonyl (C=O) groups is 1. The van der Waals surface area contributed by atoms with Crippen LogP contribution in [-0.4, -0.2) is 10.9 Å². The van der Waals surface area contributed by atoms with E-state index in [2.05, 4.69) is 10.3 Å². The number of nitrogens with one attached hydrogen (secondary N) is 1. The lowest BCUT2D eigenvalue weighted by Gasteiger charge is -2.26. The third-order valence-corrected chi connectivity index (χ3v) is 4.59. The third-order valence-electron chi connectivity index (χ3n) is 3.69. The maximum atomic E-state index is 12.8. The van der Waals surface area contributed by atoms with Crippen molar-refractivity contribution in [3.63, 3.8) is 0 Å². The van der Waals surface area contributed by atoms with Crippen LogP contribution in [0.5, 0.6) is 0 Å². The normalized spacial score (nSPS) is 11.2. The van der Waals surface area contributed by atoms with Crippen molar-refractivity contribution in [2.75, 3.05) is 0 Å². The molecule has 3 rings (SSSR count). The molecule has 0 unspecified atom stereocenters. The van der Waals surface area contributed by atoms with E-state index in [0.717, 1.165) is 16.1 Å². The monoisotopic (exact) mass is 322 g/mol. The van der Waals surface area contributed by atoms with Crippen LogP contribution in [0.15, 0.2) is 66.2 Å². The Morgan fingerprint density at radius 3 is 2.52 bits per heavy atom. The molecule has 0 spiro atoms. The molecule has 0 aliphatic carbocycles. The molecule has 1 amide bonds. The number of thiophene rings is 1. The number of rotatable bonds is 4. The molecule has 0 fully saturated rings. The molecule has 0 saturated heterocycles. The molecule has 1 aromatic carbocycles. The van der Waals surface area contributed by atoms with Gasteiger partial charge in [-0.15, -0.1) is 11.3 Å².